The summed E-state index contributed by atoms with van der Waals surface area (Å²) in [4.78, 5) is 14.4. The Kier molecular flexibility index (Phi) is 3.08. The number of hydrogen-bond donors (Lipinski definition) is 1. The molecule has 3 nitrogen and oxygen atoms in total. The largest absolute Gasteiger partial charge is 0.331 e. The lowest BCUT2D eigenvalue weighted by atomic mass is 9.90. The fraction of sp³-hybridized carbons (Fsp3) is 0.533. The summed E-state index contributed by atoms with van der Waals surface area (Å²) in [6, 6.07) is 9.09. The van der Waals surface area contributed by atoms with Gasteiger partial charge in [0.1, 0.15) is 0 Å². The summed E-state index contributed by atoms with van der Waals surface area (Å²) in [6.07, 6.45) is 4.62. The number of benzene rings is 1. The summed E-state index contributed by atoms with van der Waals surface area (Å²) in [5, 5.41) is 3.34. The second-order valence-electron chi connectivity index (χ2n) is 5.38. The maximum atomic E-state index is 12.4. The van der Waals surface area contributed by atoms with Crippen LogP contribution in [0.5, 0.6) is 0 Å². The molecule has 1 aliphatic heterocycles. The molecule has 0 unspecified atom stereocenters. The van der Waals surface area contributed by atoms with Gasteiger partial charge in [0.15, 0.2) is 0 Å². The van der Waals surface area contributed by atoms with Crippen LogP contribution in [-0.4, -0.2) is 29.9 Å². The van der Waals surface area contributed by atoms with Gasteiger partial charge < -0.3 is 10.2 Å². The average molecular weight is 244 g/mol. The molecule has 0 spiro atoms. The number of fused-ring (bicyclic) bond motifs is 1. The van der Waals surface area contributed by atoms with Crippen molar-refractivity contribution in [3.63, 3.8) is 0 Å². The fourth-order valence-corrected chi connectivity index (χ4v) is 3.25. The first-order valence-electron chi connectivity index (χ1n) is 6.85. The molecule has 1 N–H and O–H groups in total. The van der Waals surface area contributed by atoms with Crippen LogP contribution in [0, 0.1) is 0 Å². The number of hydrogen-bond acceptors (Lipinski definition) is 2. The molecule has 1 aliphatic carbocycles. The van der Waals surface area contributed by atoms with Crippen molar-refractivity contribution < 1.29 is 4.79 Å². The number of rotatable bonds is 2. The van der Waals surface area contributed by atoms with Gasteiger partial charge in [0.05, 0.1) is 0 Å². The van der Waals surface area contributed by atoms with Crippen molar-refractivity contribution >= 4 is 5.91 Å². The number of nitrogens with one attached hydrogen (secondary N) is 1. The van der Waals surface area contributed by atoms with Gasteiger partial charge in [-0.1, -0.05) is 18.2 Å². The molecule has 96 valence electrons. The maximum Gasteiger partial charge on any atom is 0.254 e. The zero-order chi connectivity index (χ0) is 12.5. The number of nitrogens with zero attached hydrogens (tertiary/aromatic N) is 1. The minimum atomic E-state index is 0.235. The molecule has 1 amide bonds. The molecule has 3 rings (SSSR count). The third kappa shape index (κ3) is 1.93. The Bertz CT molecular complexity index is 450. The molecule has 0 aromatic heterocycles. The van der Waals surface area contributed by atoms with Crippen LogP contribution >= 0.6 is 0 Å². The van der Waals surface area contributed by atoms with E-state index in [2.05, 4.69) is 16.3 Å². The molecule has 1 aromatic rings. The van der Waals surface area contributed by atoms with Gasteiger partial charge in [-0.05, 0) is 44.4 Å². The van der Waals surface area contributed by atoms with E-state index in [0.717, 1.165) is 24.9 Å². The Morgan fingerprint density at radius 1 is 1.17 bits per heavy atom. The SMILES string of the molecule is CNC1CCC(N2Cc3ccccc3C2=O)CC1. The number of carbonyl (C=O) groups is 1. The van der Waals surface area contributed by atoms with Gasteiger partial charge in [0.2, 0.25) is 0 Å². The quantitative estimate of drug-likeness (QED) is 0.864. The fourth-order valence-electron chi connectivity index (χ4n) is 3.25. The Balaban J connectivity index is 1.71. The minimum absolute atomic E-state index is 0.235. The van der Waals surface area contributed by atoms with Crippen LogP contribution in [0.4, 0.5) is 0 Å². The van der Waals surface area contributed by atoms with Gasteiger partial charge in [0.25, 0.3) is 5.91 Å². The predicted octanol–water partition coefficient (Wildman–Crippen LogP) is 2.17. The molecule has 0 atom stereocenters. The van der Waals surface area contributed by atoms with E-state index in [0.29, 0.717) is 12.1 Å². The van der Waals surface area contributed by atoms with E-state index < -0.39 is 0 Å². The highest BCUT2D eigenvalue weighted by molar-refractivity contribution is 5.98. The van der Waals surface area contributed by atoms with E-state index in [-0.39, 0.29) is 5.91 Å². The highest BCUT2D eigenvalue weighted by Gasteiger charge is 2.34. The van der Waals surface area contributed by atoms with Gasteiger partial charge in [0, 0.05) is 24.2 Å². The summed E-state index contributed by atoms with van der Waals surface area (Å²) in [6.45, 7) is 0.809. The molecule has 1 aromatic carbocycles. The minimum Gasteiger partial charge on any atom is -0.331 e. The molecule has 0 radical (unpaired) electrons. The van der Waals surface area contributed by atoms with Gasteiger partial charge >= 0.3 is 0 Å². The van der Waals surface area contributed by atoms with Crippen LogP contribution in [0.1, 0.15) is 41.6 Å². The van der Waals surface area contributed by atoms with E-state index in [9.17, 15) is 4.79 Å². The molecule has 1 fully saturated rings. The van der Waals surface area contributed by atoms with Crippen molar-refractivity contribution in [2.24, 2.45) is 0 Å². The van der Waals surface area contributed by atoms with Crippen LogP contribution in [0.25, 0.3) is 0 Å². The van der Waals surface area contributed by atoms with Gasteiger partial charge in [-0.2, -0.15) is 0 Å². The number of carbonyl (C=O) groups excluding carboxylic acids is 1. The molecule has 18 heavy (non-hydrogen) atoms. The normalized spacial score (nSPS) is 27.4. The first kappa shape index (κ1) is 11.7. The van der Waals surface area contributed by atoms with E-state index in [4.69, 9.17) is 0 Å². The third-order valence-corrected chi connectivity index (χ3v) is 4.40. The molecule has 0 saturated heterocycles. The molecule has 0 bridgehead atoms. The van der Waals surface area contributed by atoms with Crippen molar-refractivity contribution in [1.29, 1.82) is 0 Å². The molecule has 1 heterocycles. The highest BCUT2D eigenvalue weighted by Crippen LogP contribution is 2.30. The Morgan fingerprint density at radius 3 is 2.56 bits per heavy atom. The predicted molar refractivity (Wildman–Crippen MR) is 71.4 cm³/mol. The third-order valence-electron chi connectivity index (χ3n) is 4.40. The van der Waals surface area contributed by atoms with Crippen molar-refractivity contribution in [2.75, 3.05) is 7.05 Å². The van der Waals surface area contributed by atoms with Crippen LogP contribution in [-0.2, 0) is 6.54 Å². The van der Waals surface area contributed by atoms with E-state index in [1.807, 2.05) is 25.2 Å². The maximum absolute atomic E-state index is 12.4. The molecule has 1 saturated carbocycles. The first-order chi connectivity index (χ1) is 8.79. The van der Waals surface area contributed by atoms with Crippen LogP contribution in [0.3, 0.4) is 0 Å². The van der Waals surface area contributed by atoms with Crippen molar-refractivity contribution in [1.82, 2.24) is 10.2 Å². The summed E-state index contributed by atoms with van der Waals surface area (Å²) >= 11 is 0. The summed E-state index contributed by atoms with van der Waals surface area (Å²) in [5.41, 5.74) is 2.10. The highest BCUT2D eigenvalue weighted by atomic mass is 16.2. The molecule has 3 heteroatoms. The summed E-state index contributed by atoms with van der Waals surface area (Å²) in [5.74, 6) is 0.235. The van der Waals surface area contributed by atoms with Crippen molar-refractivity contribution in [3.05, 3.63) is 35.4 Å². The van der Waals surface area contributed by atoms with Crippen molar-refractivity contribution in [2.45, 2.75) is 44.3 Å². The standard InChI is InChI=1S/C15H20N2O/c1-16-12-6-8-13(9-7-12)17-10-11-4-2-3-5-14(11)15(17)18/h2-5,12-13,16H,6-10H2,1H3. The Morgan fingerprint density at radius 2 is 1.89 bits per heavy atom. The van der Waals surface area contributed by atoms with Crippen LogP contribution < -0.4 is 5.32 Å². The molecular formula is C15H20N2O. The second-order valence-corrected chi connectivity index (χ2v) is 5.38. The Labute approximate surface area is 108 Å². The lowest BCUT2D eigenvalue weighted by molar-refractivity contribution is 0.0647. The lowest BCUT2D eigenvalue weighted by Crippen LogP contribution is -2.41. The van der Waals surface area contributed by atoms with Crippen LogP contribution in [0.15, 0.2) is 24.3 Å². The zero-order valence-electron chi connectivity index (χ0n) is 10.9. The molecular weight excluding hydrogens is 224 g/mol. The molecule has 2 aliphatic rings. The summed E-state index contributed by atoms with van der Waals surface area (Å²) in [7, 11) is 2.03. The Hall–Kier alpha value is -1.35. The number of amides is 1. The van der Waals surface area contributed by atoms with E-state index in [1.54, 1.807) is 0 Å². The van der Waals surface area contributed by atoms with E-state index >= 15 is 0 Å². The van der Waals surface area contributed by atoms with Gasteiger partial charge in [-0.3, -0.25) is 4.79 Å². The smallest absolute Gasteiger partial charge is 0.254 e. The van der Waals surface area contributed by atoms with Gasteiger partial charge in [-0.15, -0.1) is 0 Å². The van der Waals surface area contributed by atoms with Gasteiger partial charge in [-0.25, -0.2) is 0 Å². The summed E-state index contributed by atoms with van der Waals surface area (Å²) < 4.78 is 0. The average Bonchev–Trinajstić information content (AvgIpc) is 2.77. The lowest BCUT2D eigenvalue weighted by Gasteiger charge is -2.34. The zero-order valence-corrected chi connectivity index (χ0v) is 10.9. The second kappa shape index (κ2) is 4.73. The van der Waals surface area contributed by atoms with Crippen molar-refractivity contribution in [3.8, 4) is 0 Å². The first-order valence-corrected chi connectivity index (χ1v) is 6.85. The van der Waals surface area contributed by atoms with Crippen LogP contribution in [0.2, 0.25) is 0 Å². The monoisotopic (exact) mass is 244 g/mol. The topological polar surface area (TPSA) is 32.3 Å². The van der Waals surface area contributed by atoms with E-state index in [1.165, 1.54) is 18.4 Å².